The summed E-state index contributed by atoms with van der Waals surface area (Å²) in [5.74, 6) is 0.126. The maximum absolute atomic E-state index is 12.4. The lowest BCUT2D eigenvalue weighted by atomic mass is 10.1. The fourth-order valence-electron chi connectivity index (χ4n) is 2.48. The summed E-state index contributed by atoms with van der Waals surface area (Å²) < 4.78 is 5.07. The van der Waals surface area contributed by atoms with Crippen LogP contribution in [-0.4, -0.2) is 45.9 Å². The lowest BCUT2D eigenvalue weighted by Gasteiger charge is -2.13. The Morgan fingerprint density at radius 2 is 2.08 bits per heavy atom. The number of aromatic nitrogens is 2. The zero-order chi connectivity index (χ0) is 17.8. The number of carbonyl (C=O) groups is 3. The number of nitrogens with zero attached hydrogens (tertiary/aromatic N) is 2. The second-order valence-electron chi connectivity index (χ2n) is 5.46. The molecule has 1 aliphatic heterocycles. The molecule has 3 N–H and O–H groups in total. The number of imide groups is 1. The normalized spacial score (nSPS) is 16.7. The fourth-order valence-corrected chi connectivity index (χ4v) is 2.48. The van der Waals surface area contributed by atoms with Gasteiger partial charge in [0, 0.05) is 12.4 Å². The SMILES string of the molecule is COc1ccc(CN2C(=O)NC(CC(=O)Nc3ncc[nH]3)C2=O)cc1. The van der Waals surface area contributed by atoms with Crippen LogP contribution in [0.15, 0.2) is 36.7 Å². The smallest absolute Gasteiger partial charge is 0.325 e. The summed E-state index contributed by atoms with van der Waals surface area (Å²) in [5, 5.41) is 5.05. The molecule has 2 aromatic rings. The van der Waals surface area contributed by atoms with Crippen molar-refractivity contribution >= 4 is 23.8 Å². The number of anilines is 1. The summed E-state index contributed by atoms with van der Waals surface area (Å²) in [6, 6.07) is 5.65. The molecule has 1 fully saturated rings. The van der Waals surface area contributed by atoms with E-state index in [0.29, 0.717) is 5.75 Å². The van der Waals surface area contributed by atoms with Gasteiger partial charge in [-0.25, -0.2) is 9.78 Å². The van der Waals surface area contributed by atoms with Gasteiger partial charge in [0.05, 0.1) is 20.1 Å². The van der Waals surface area contributed by atoms with E-state index in [-0.39, 0.29) is 18.9 Å². The number of hydrogen-bond acceptors (Lipinski definition) is 5. The van der Waals surface area contributed by atoms with Crippen molar-refractivity contribution in [3.63, 3.8) is 0 Å². The number of urea groups is 1. The van der Waals surface area contributed by atoms with Gasteiger partial charge < -0.3 is 15.0 Å². The van der Waals surface area contributed by atoms with Crippen LogP contribution in [0.5, 0.6) is 5.75 Å². The minimum absolute atomic E-state index is 0.130. The first kappa shape index (κ1) is 16.5. The highest BCUT2D eigenvalue weighted by Crippen LogP contribution is 2.17. The molecule has 9 heteroatoms. The largest absolute Gasteiger partial charge is 0.497 e. The van der Waals surface area contributed by atoms with Crippen molar-refractivity contribution in [2.45, 2.75) is 19.0 Å². The van der Waals surface area contributed by atoms with Crippen LogP contribution >= 0.6 is 0 Å². The second-order valence-corrected chi connectivity index (χ2v) is 5.46. The maximum atomic E-state index is 12.4. The van der Waals surface area contributed by atoms with Gasteiger partial charge in [-0.3, -0.25) is 19.8 Å². The highest BCUT2D eigenvalue weighted by molar-refractivity contribution is 6.06. The van der Waals surface area contributed by atoms with E-state index in [0.717, 1.165) is 10.5 Å². The summed E-state index contributed by atoms with van der Waals surface area (Å²) >= 11 is 0. The molecule has 3 rings (SSSR count). The summed E-state index contributed by atoms with van der Waals surface area (Å²) in [6.45, 7) is 0.130. The van der Waals surface area contributed by atoms with Gasteiger partial charge in [0.2, 0.25) is 11.9 Å². The Hall–Kier alpha value is -3.36. The molecule has 130 valence electrons. The third kappa shape index (κ3) is 3.77. The molecule has 1 unspecified atom stereocenters. The Morgan fingerprint density at radius 3 is 2.72 bits per heavy atom. The first-order valence-electron chi connectivity index (χ1n) is 7.61. The molecule has 1 atom stereocenters. The van der Waals surface area contributed by atoms with Crippen LogP contribution in [0.1, 0.15) is 12.0 Å². The minimum Gasteiger partial charge on any atom is -0.497 e. The molecule has 4 amide bonds. The van der Waals surface area contributed by atoms with E-state index in [1.807, 2.05) is 0 Å². The van der Waals surface area contributed by atoms with Crippen LogP contribution in [0.3, 0.4) is 0 Å². The number of benzene rings is 1. The van der Waals surface area contributed by atoms with Gasteiger partial charge >= 0.3 is 6.03 Å². The summed E-state index contributed by atoms with van der Waals surface area (Å²) in [5.41, 5.74) is 0.782. The number of aromatic amines is 1. The van der Waals surface area contributed by atoms with Gasteiger partial charge in [-0.05, 0) is 17.7 Å². The van der Waals surface area contributed by atoms with Crippen molar-refractivity contribution in [2.75, 3.05) is 12.4 Å². The number of carbonyl (C=O) groups excluding carboxylic acids is 3. The van der Waals surface area contributed by atoms with E-state index in [9.17, 15) is 14.4 Å². The molecule has 1 saturated heterocycles. The van der Waals surface area contributed by atoms with Crippen LogP contribution in [0.4, 0.5) is 10.7 Å². The molecule has 0 radical (unpaired) electrons. The predicted octanol–water partition coefficient (Wildman–Crippen LogP) is 0.867. The summed E-state index contributed by atoms with van der Waals surface area (Å²) in [7, 11) is 1.56. The van der Waals surface area contributed by atoms with E-state index in [2.05, 4.69) is 20.6 Å². The van der Waals surface area contributed by atoms with Crippen LogP contribution < -0.4 is 15.4 Å². The molecule has 1 aliphatic rings. The van der Waals surface area contributed by atoms with Gasteiger partial charge in [0.25, 0.3) is 5.91 Å². The predicted molar refractivity (Wildman–Crippen MR) is 87.7 cm³/mol. The van der Waals surface area contributed by atoms with E-state index in [1.54, 1.807) is 37.6 Å². The topological polar surface area (TPSA) is 116 Å². The van der Waals surface area contributed by atoms with Crippen LogP contribution in [-0.2, 0) is 16.1 Å². The third-order valence-corrected chi connectivity index (χ3v) is 3.75. The molecular formula is C16H17N5O4. The molecule has 0 spiro atoms. The lowest BCUT2D eigenvalue weighted by molar-refractivity contribution is -0.130. The number of hydrogen-bond donors (Lipinski definition) is 3. The van der Waals surface area contributed by atoms with E-state index in [1.165, 1.54) is 6.20 Å². The number of amides is 4. The standard InChI is InChI=1S/C16H17N5O4/c1-25-11-4-2-10(3-5-11)9-21-14(23)12(19-16(21)24)8-13(22)20-15-17-6-7-18-15/h2-7,12H,8-9H2,1H3,(H,19,24)(H2,17,18,20,22). The Labute approximate surface area is 143 Å². The Balaban J connectivity index is 1.60. The Bertz CT molecular complexity index is 772. The average Bonchev–Trinajstić information content (AvgIpc) is 3.19. The van der Waals surface area contributed by atoms with E-state index >= 15 is 0 Å². The molecule has 0 bridgehead atoms. The first-order chi connectivity index (χ1) is 12.1. The van der Waals surface area contributed by atoms with Crippen molar-refractivity contribution in [1.82, 2.24) is 20.2 Å². The summed E-state index contributed by atoms with van der Waals surface area (Å²) in [6.07, 6.45) is 2.90. The minimum atomic E-state index is -0.888. The molecular weight excluding hydrogens is 326 g/mol. The number of H-pyrrole nitrogens is 1. The summed E-state index contributed by atoms with van der Waals surface area (Å²) in [4.78, 5) is 44.1. The van der Waals surface area contributed by atoms with Crippen LogP contribution in [0.25, 0.3) is 0 Å². The number of ether oxygens (including phenoxy) is 1. The first-order valence-corrected chi connectivity index (χ1v) is 7.61. The zero-order valence-corrected chi connectivity index (χ0v) is 13.5. The Morgan fingerprint density at radius 1 is 1.32 bits per heavy atom. The molecule has 0 aliphatic carbocycles. The van der Waals surface area contributed by atoms with E-state index in [4.69, 9.17) is 4.74 Å². The number of rotatable bonds is 6. The zero-order valence-electron chi connectivity index (χ0n) is 13.5. The van der Waals surface area contributed by atoms with Crippen LogP contribution in [0.2, 0.25) is 0 Å². The third-order valence-electron chi connectivity index (χ3n) is 3.75. The average molecular weight is 343 g/mol. The highest BCUT2D eigenvalue weighted by atomic mass is 16.5. The van der Waals surface area contributed by atoms with Crippen molar-refractivity contribution in [3.8, 4) is 5.75 Å². The van der Waals surface area contributed by atoms with Gasteiger partial charge in [0.1, 0.15) is 11.8 Å². The second kappa shape index (κ2) is 7.04. The molecule has 2 heterocycles. The van der Waals surface area contributed by atoms with Gasteiger partial charge in [-0.1, -0.05) is 12.1 Å². The van der Waals surface area contributed by atoms with Gasteiger partial charge in [-0.2, -0.15) is 0 Å². The lowest BCUT2D eigenvalue weighted by Crippen LogP contribution is -2.34. The van der Waals surface area contributed by atoms with Gasteiger partial charge in [0.15, 0.2) is 0 Å². The van der Waals surface area contributed by atoms with Crippen molar-refractivity contribution in [3.05, 3.63) is 42.2 Å². The number of imidazole rings is 1. The molecule has 1 aromatic carbocycles. The number of nitrogens with one attached hydrogen (secondary N) is 3. The van der Waals surface area contributed by atoms with Gasteiger partial charge in [-0.15, -0.1) is 0 Å². The Kier molecular flexibility index (Phi) is 4.64. The van der Waals surface area contributed by atoms with Crippen LogP contribution in [0, 0.1) is 0 Å². The molecule has 25 heavy (non-hydrogen) atoms. The van der Waals surface area contributed by atoms with Crippen molar-refractivity contribution in [1.29, 1.82) is 0 Å². The van der Waals surface area contributed by atoms with Crippen molar-refractivity contribution in [2.24, 2.45) is 0 Å². The highest BCUT2D eigenvalue weighted by Gasteiger charge is 2.39. The maximum Gasteiger partial charge on any atom is 0.325 e. The fraction of sp³-hybridized carbons (Fsp3) is 0.250. The molecule has 1 aromatic heterocycles. The number of methoxy groups -OCH3 is 1. The molecule has 0 saturated carbocycles. The van der Waals surface area contributed by atoms with Crippen molar-refractivity contribution < 1.29 is 19.1 Å². The monoisotopic (exact) mass is 343 g/mol. The van der Waals surface area contributed by atoms with E-state index < -0.39 is 23.9 Å². The molecule has 9 nitrogen and oxygen atoms in total. The quantitative estimate of drug-likeness (QED) is 0.673.